The fourth-order valence-corrected chi connectivity index (χ4v) is 3.08. The topological polar surface area (TPSA) is 58.6 Å². The van der Waals surface area contributed by atoms with Crippen molar-refractivity contribution < 1.29 is 18.7 Å². The summed E-state index contributed by atoms with van der Waals surface area (Å²) in [5.41, 5.74) is 0.838. The minimum atomic E-state index is -0.799. The molecule has 1 atom stereocenters. The molecule has 1 fully saturated rings. The maximum absolute atomic E-state index is 13.9. The van der Waals surface area contributed by atoms with Gasteiger partial charge in [-0.05, 0) is 36.6 Å². The lowest BCUT2D eigenvalue weighted by atomic mass is 10.0. The molecule has 1 aliphatic rings. The zero-order valence-electron chi connectivity index (χ0n) is 14.6. The van der Waals surface area contributed by atoms with Crippen LogP contribution in [-0.2, 0) is 4.79 Å². The van der Waals surface area contributed by atoms with Crippen molar-refractivity contribution in [1.82, 2.24) is 10.2 Å². The Labute approximate surface area is 151 Å². The molecule has 0 aromatic heterocycles. The quantitative estimate of drug-likeness (QED) is 0.896. The SMILES string of the molecule is COc1ccc(C(=O)N[C@H](C(=O)N2CCCC2)c2ccccc2)cc1F. The predicted octanol–water partition coefficient (Wildman–Crippen LogP) is 2.93. The summed E-state index contributed by atoms with van der Waals surface area (Å²) in [6, 6.07) is 12.3. The molecule has 0 unspecified atom stereocenters. The number of benzene rings is 2. The van der Waals surface area contributed by atoms with E-state index in [0.717, 1.165) is 18.9 Å². The van der Waals surface area contributed by atoms with Gasteiger partial charge in [-0.2, -0.15) is 0 Å². The normalized spacial score (nSPS) is 14.8. The Hall–Kier alpha value is -2.89. The Morgan fingerprint density at radius 1 is 1.12 bits per heavy atom. The molecular formula is C20H21FN2O3. The van der Waals surface area contributed by atoms with Crippen molar-refractivity contribution in [2.75, 3.05) is 20.2 Å². The lowest BCUT2D eigenvalue weighted by Crippen LogP contribution is -2.41. The molecule has 136 valence electrons. The third kappa shape index (κ3) is 3.85. The second-order valence-electron chi connectivity index (χ2n) is 6.20. The van der Waals surface area contributed by atoms with Gasteiger partial charge >= 0.3 is 0 Å². The van der Waals surface area contributed by atoms with Gasteiger partial charge in [-0.3, -0.25) is 9.59 Å². The molecule has 2 aromatic rings. The molecule has 0 spiro atoms. The van der Waals surface area contributed by atoms with E-state index in [1.165, 1.54) is 19.2 Å². The molecule has 6 heteroatoms. The molecule has 1 N–H and O–H groups in total. The van der Waals surface area contributed by atoms with E-state index in [9.17, 15) is 14.0 Å². The summed E-state index contributed by atoms with van der Waals surface area (Å²) in [4.78, 5) is 27.3. The van der Waals surface area contributed by atoms with Crippen LogP contribution in [0.2, 0.25) is 0 Å². The van der Waals surface area contributed by atoms with Gasteiger partial charge in [-0.25, -0.2) is 4.39 Å². The van der Waals surface area contributed by atoms with Crippen LogP contribution < -0.4 is 10.1 Å². The summed E-state index contributed by atoms with van der Waals surface area (Å²) in [6.45, 7) is 1.38. The Bertz CT molecular complexity index is 789. The van der Waals surface area contributed by atoms with Gasteiger partial charge in [0.2, 0.25) is 5.91 Å². The molecule has 0 saturated carbocycles. The molecular weight excluding hydrogens is 335 g/mol. The first-order valence-electron chi connectivity index (χ1n) is 8.58. The molecule has 0 aliphatic carbocycles. The summed E-state index contributed by atoms with van der Waals surface area (Å²) in [6.07, 6.45) is 1.93. The first-order chi connectivity index (χ1) is 12.6. The van der Waals surface area contributed by atoms with Crippen molar-refractivity contribution in [1.29, 1.82) is 0 Å². The Balaban J connectivity index is 1.84. The van der Waals surface area contributed by atoms with Gasteiger partial charge in [0.05, 0.1) is 7.11 Å². The van der Waals surface area contributed by atoms with Crippen LogP contribution in [0.1, 0.15) is 34.8 Å². The van der Waals surface area contributed by atoms with Gasteiger partial charge in [-0.15, -0.1) is 0 Å². The number of hydrogen-bond donors (Lipinski definition) is 1. The zero-order valence-corrected chi connectivity index (χ0v) is 14.6. The van der Waals surface area contributed by atoms with Crippen LogP contribution in [0.15, 0.2) is 48.5 Å². The first-order valence-corrected chi connectivity index (χ1v) is 8.58. The van der Waals surface area contributed by atoms with Crippen molar-refractivity contribution in [3.8, 4) is 5.75 Å². The van der Waals surface area contributed by atoms with Crippen LogP contribution in [0.3, 0.4) is 0 Å². The lowest BCUT2D eigenvalue weighted by Gasteiger charge is -2.24. The van der Waals surface area contributed by atoms with Crippen molar-refractivity contribution >= 4 is 11.8 Å². The number of rotatable bonds is 5. The zero-order chi connectivity index (χ0) is 18.5. The summed E-state index contributed by atoms with van der Waals surface area (Å²) in [7, 11) is 1.36. The second kappa shape index (κ2) is 7.99. The second-order valence-corrected chi connectivity index (χ2v) is 6.20. The Kier molecular flexibility index (Phi) is 5.51. The standard InChI is InChI=1S/C20H21FN2O3/c1-26-17-10-9-15(13-16(17)21)19(24)22-18(14-7-3-2-4-8-14)20(25)23-11-5-6-12-23/h2-4,7-10,13,18H,5-6,11-12H2,1H3,(H,22,24)/t18-/m0/s1. The van der Waals surface area contributed by atoms with Crippen LogP contribution in [0.5, 0.6) is 5.75 Å². The van der Waals surface area contributed by atoms with E-state index < -0.39 is 17.8 Å². The van der Waals surface area contributed by atoms with Gasteiger partial charge in [0.1, 0.15) is 6.04 Å². The number of nitrogens with zero attached hydrogens (tertiary/aromatic N) is 1. The fraction of sp³-hybridized carbons (Fsp3) is 0.300. The number of likely N-dealkylation sites (tertiary alicyclic amines) is 1. The predicted molar refractivity (Wildman–Crippen MR) is 95.4 cm³/mol. The van der Waals surface area contributed by atoms with E-state index in [-0.39, 0.29) is 17.2 Å². The minimum Gasteiger partial charge on any atom is -0.494 e. The first kappa shape index (κ1) is 17.9. The Morgan fingerprint density at radius 2 is 1.81 bits per heavy atom. The van der Waals surface area contributed by atoms with Crippen molar-refractivity contribution in [2.45, 2.75) is 18.9 Å². The molecule has 3 rings (SSSR count). The largest absolute Gasteiger partial charge is 0.494 e. The van der Waals surface area contributed by atoms with Crippen LogP contribution >= 0.6 is 0 Å². The van der Waals surface area contributed by atoms with E-state index in [4.69, 9.17) is 4.74 Å². The maximum atomic E-state index is 13.9. The van der Waals surface area contributed by atoms with Gasteiger partial charge in [-0.1, -0.05) is 30.3 Å². The summed E-state index contributed by atoms with van der Waals surface area (Å²) in [5.74, 6) is -1.21. The number of methoxy groups -OCH3 is 1. The highest BCUT2D eigenvalue weighted by Gasteiger charge is 2.29. The highest BCUT2D eigenvalue weighted by molar-refractivity contribution is 5.98. The van der Waals surface area contributed by atoms with Crippen molar-refractivity contribution in [2.24, 2.45) is 0 Å². The van der Waals surface area contributed by atoms with E-state index in [2.05, 4.69) is 5.32 Å². The number of carbonyl (C=O) groups is 2. The minimum absolute atomic E-state index is 0.0642. The van der Waals surface area contributed by atoms with Gasteiger partial charge in [0.25, 0.3) is 5.91 Å². The summed E-state index contributed by atoms with van der Waals surface area (Å²) in [5, 5.41) is 2.75. The molecule has 1 saturated heterocycles. The smallest absolute Gasteiger partial charge is 0.252 e. The number of carbonyl (C=O) groups excluding carboxylic acids is 2. The fourth-order valence-electron chi connectivity index (χ4n) is 3.08. The van der Waals surface area contributed by atoms with Crippen LogP contribution in [0.4, 0.5) is 4.39 Å². The molecule has 0 radical (unpaired) electrons. The van der Waals surface area contributed by atoms with Crippen LogP contribution in [-0.4, -0.2) is 36.9 Å². The molecule has 2 aromatic carbocycles. The summed E-state index contributed by atoms with van der Waals surface area (Å²) < 4.78 is 18.8. The van der Waals surface area contributed by atoms with Gasteiger partial charge in [0, 0.05) is 18.7 Å². The van der Waals surface area contributed by atoms with Gasteiger partial charge < -0.3 is 15.0 Å². The third-order valence-corrected chi connectivity index (χ3v) is 4.49. The molecule has 1 aliphatic heterocycles. The van der Waals surface area contributed by atoms with E-state index in [1.54, 1.807) is 17.0 Å². The highest BCUT2D eigenvalue weighted by atomic mass is 19.1. The molecule has 5 nitrogen and oxygen atoms in total. The number of nitrogens with one attached hydrogen (secondary N) is 1. The number of ether oxygens (including phenoxy) is 1. The van der Waals surface area contributed by atoms with Crippen molar-refractivity contribution in [3.05, 3.63) is 65.5 Å². The third-order valence-electron chi connectivity index (χ3n) is 4.49. The van der Waals surface area contributed by atoms with Crippen molar-refractivity contribution in [3.63, 3.8) is 0 Å². The Morgan fingerprint density at radius 3 is 2.42 bits per heavy atom. The monoisotopic (exact) mass is 356 g/mol. The van der Waals surface area contributed by atoms with Crippen LogP contribution in [0, 0.1) is 5.82 Å². The molecule has 0 bridgehead atoms. The average Bonchev–Trinajstić information content (AvgIpc) is 3.21. The average molecular weight is 356 g/mol. The number of hydrogen-bond acceptors (Lipinski definition) is 3. The maximum Gasteiger partial charge on any atom is 0.252 e. The van der Waals surface area contributed by atoms with E-state index in [0.29, 0.717) is 18.7 Å². The van der Waals surface area contributed by atoms with Crippen LogP contribution in [0.25, 0.3) is 0 Å². The molecule has 26 heavy (non-hydrogen) atoms. The highest BCUT2D eigenvalue weighted by Crippen LogP contribution is 2.21. The molecule has 1 heterocycles. The van der Waals surface area contributed by atoms with E-state index >= 15 is 0 Å². The number of amides is 2. The number of halogens is 1. The lowest BCUT2D eigenvalue weighted by molar-refractivity contribution is -0.132. The summed E-state index contributed by atoms with van der Waals surface area (Å²) >= 11 is 0. The molecule has 2 amide bonds. The van der Waals surface area contributed by atoms with E-state index in [1.807, 2.05) is 18.2 Å². The van der Waals surface area contributed by atoms with Gasteiger partial charge in [0.15, 0.2) is 11.6 Å².